The van der Waals surface area contributed by atoms with E-state index in [4.69, 9.17) is 9.47 Å². The third kappa shape index (κ3) is 35.3. The number of esters is 2. The highest BCUT2D eigenvalue weighted by atomic mass is 16.5. The van der Waals surface area contributed by atoms with Crippen LogP contribution in [0.1, 0.15) is 258 Å². The molecule has 1 N–H and O–H groups in total. The standard InChI is InChI=1S/C46H87NO4/c1-3-5-41-50-45(48)39-35-31-27-23-19-15-11-7-9-13-17-21-25-29-33-37-43-44(47-43)38-34-30-26-22-18-14-10-8-12-16-20-24-28-32-36-40-46(49)51-42-6-4-2/h47H,3-42H2,1-2H3. The lowest BCUT2D eigenvalue weighted by Gasteiger charge is -2.04. The molecule has 51 heavy (non-hydrogen) atoms. The van der Waals surface area contributed by atoms with Gasteiger partial charge in [-0.15, -0.1) is 0 Å². The van der Waals surface area contributed by atoms with Crippen LogP contribution in [-0.2, 0) is 19.1 Å². The number of unbranched alkanes of at least 4 members (excludes halogenated alkanes) is 30. The first kappa shape index (κ1) is 47.5. The molecule has 0 radical (unpaired) electrons. The van der Waals surface area contributed by atoms with E-state index >= 15 is 0 Å². The van der Waals surface area contributed by atoms with Crippen LogP contribution in [0.3, 0.4) is 0 Å². The molecule has 0 fully saturated rings. The fourth-order valence-electron chi connectivity index (χ4n) is 7.12. The Morgan fingerprint density at radius 1 is 0.353 bits per heavy atom. The summed E-state index contributed by atoms with van der Waals surface area (Å²) in [5.74, 6) is -0.00634. The fraction of sp³-hybridized carbons (Fsp3) is 0.913. The maximum absolute atomic E-state index is 11.6. The number of ether oxygens (including phenoxy) is 2. The molecular weight excluding hydrogens is 631 g/mol. The first-order valence-electron chi connectivity index (χ1n) is 23.0. The van der Waals surface area contributed by atoms with Crippen molar-refractivity contribution in [2.24, 2.45) is 0 Å². The van der Waals surface area contributed by atoms with E-state index in [0.717, 1.165) is 38.5 Å². The maximum atomic E-state index is 11.6. The molecule has 1 aliphatic rings. The van der Waals surface area contributed by atoms with Crippen LogP contribution in [0.15, 0.2) is 11.4 Å². The summed E-state index contributed by atoms with van der Waals surface area (Å²) < 4.78 is 10.4. The SMILES string of the molecule is CCCCOC(=O)CCCCCCCCCCCCCCCCCC1=C(CCCCCCCCCCCCCCCCCC(=O)OCCCC)N1. The van der Waals surface area contributed by atoms with Gasteiger partial charge in [-0.05, 0) is 51.4 Å². The molecule has 0 aliphatic carbocycles. The number of allylic oxidation sites excluding steroid dienone is 2. The predicted molar refractivity (Wildman–Crippen MR) is 219 cm³/mol. The third-order valence-corrected chi connectivity index (χ3v) is 10.7. The number of carbonyl (C=O) groups is 2. The number of carbonyl (C=O) groups excluding carboxylic acids is 2. The van der Waals surface area contributed by atoms with Gasteiger partial charge in [0.15, 0.2) is 0 Å². The van der Waals surface area contributed by atoms with E-state index in [1.54, 1.807) is 11.4 Å². The van der Waals surface area contributed by atoms with E-state index < -0.39 is 0 Å². The van der Waals surface area contributed by atoms with Crippen LogP contribution in [-0.4, -0.2) is 25.2 Å². The maximum Gasteiger partial charge on any atom is 0.305 e. The summed E-state index contributed by atoms with van der Waals surface area (Å²) in [6.45, 7) is 5.44. The quantitative estimate of drug-likeness (QED) is 0.0502. The second-order valence-electron chi connectivity index (χ2n) is 15.8. The fourth-order valence-corrected chi connectivity index (χ4v) is 7.12. The smallest absolute Gasteiger partial charge is 0.305 e. The highest BCUT2D eigenvalue weighted by Crippen LogP contribution is 2.27. The normalized spacial score (nSPS) is 12.4. The molecule has 0 saturated heterocycles. The Morgan fingerprint density at radius 2 is 0.588 bits per heavy atom. The molecule has 5 nitrogen and oxygen atoms in total. The lowest BCUT2D eigenvalue weighted by atomic mass is 10.0. The Balaban J connectivity index is 1.70. The molecule has 1 aliphatic heterocycles. The second-order valence-corrected chi connectivity index (χ2v) is 15.8. The van der Waals surface area contributed by atoms with Crippen molar-refractivity contribution in [3.8, 4) is 0 Å². The molecule has 0 bridgehead atoms. The first-order chi connectivity index (χ1) is 25.2. The second kappa shape index (κ2) is 38.2. The van der Waals surface area contributed by atoms with Crippen molar-refractivity contribution < 1.29 is 19.1 Å². The van der Waals surface area contributed by atoms with E-state index in [1.165, 1.54) is 193 Å². The summed E-state index contributed by atoms with van der Waals surface area (Å²) in [5, 5.41) is 3.60. The van der Waals surface area contributed by atoms with Crippen LogP contribution in [0.25, 0.3) is 0 Å². The molecular formula is C46H87NO4. The molecule has 0 aromatic heterocycles. The van der Waals surface area contributed by atoms with Gasteiger partial charge in [0.1, 0.15) is 0 Å². The molecule has 1 heterocycles. The van der Waals surface area contributed by atoms with Gasteiger partial charge < -0.3 is 14.8 Å². The molecule has 5 heteroatoms. The van der Waals surface area contributed by atoms with Crippen LogP contribution >= 0.6 is 0 Å². The topological polar surface area (TPSA) is 74.5 Å². The summed E-state index contributed by atoms with van der Waals surface area (Å²) in [6.07, 6.45) is 48.3. The zero-order valence-corrected chi connectivity index (χ0v) is 34.4. The summed E-state index contributed by atoms with van der Waals surface area (Å²) in [6, 6.07) is 0. The molecule has 300 valence electrons. The van der Waals surface area contributed by atoms with E-state index in [9.17, 15) is 9.59 Å². The summed E-state index contributed by atoms with van der Waals surface area (Å²) in [5.41, 5.74) is 3.16. The van der Waals surface area contributed by atoms with Gasteiger partial charge in [0, 0.05) is 24.2 Å². The molecule has 0 spiro atoms. The van der Waals surface area contributed by atoms with Crippen LogP contribution in [0.2, 0.25) is 0 Å². The van der Waals surface area contributed by atoms with Crippen LogP contribution in [0.5, 0.6) is 0 Å². The minimum Gasteiger partial charge on any atom is -0.466 e. The number of nitrogens with one attached hydrogen (secondary N) is 1. The van der Waals surface area contributed by atoms with E-state index in [1.807, 2.05) is 0 Å². The summed E-state index contributed by atoms with van der Waals surface area (Å²) >= 11 is 0. The van der Waals surface area contributed by atoms with Gasteiger partial charge in [0.25, 0.3) is 0 Å². The van der Waals surface area contributed by atoms with Gasteiger partial charge in [-0.1, -0.05) is 194 Å². The Kier molecular flexibility index (Phi) is 35.6. The Morgan fingerprint density at radius 3 is 0.843 bits per heavy atom. The van der Waals surface area contributed by atoms with E-state index in [2.05, 4.69) is 19.2 Å². The molecule has 0 aromatic rings. The van der Waals surface area contributed by atoms with Crippen molar-refractivity contribution in [2.75, 3.05) is 13.2 Å². The van der Waals surface area contributed by atoms with Gasteiger partial charge >= 0.3 is 11.9 Å². The Labute approximate surface area is 318 Å². The number of hydrogen-bond donors (Lipinski definition) is 1. The van der Waals surface area contributed by atoms with Gasteiger partial charge in [0.05, 0.1) is 13.2 Å². The molecule has 0 aromatic carbocycles. The minimum atomic E-state index is -0.00317. The van der Waals surface area contributed by atoms with Gasteiger partial charge in [-0.2, -0.15) is 0 Å². The van der Waals surface area contributed by atoms with Crippen molar-refractivity contribution in [3.05, 3.63) is 11.4 Å². The lowest BCUT2D eigenvalue weighted by molar-refractivity contribution is -0.144. The van der Waals surface area contributed by atoms with Gasteiger partial charge in [0.2, 0.25) is 0 Å². The molecule has 0 saturated carbocycles. The zero-order valence-electron chi connectivity index (χ0n) is 34.4. The number of rotatable bonds is 42. The van der Waals surface area contributed by atoms with E-state index in [0.29, 0.717) is 26.1 Å². The zero-order chi connectivity index (χ0) is 36.7. The van der Waals surface area contributed by atoms with Crippen molar-refractivity contribution in [1.82, 2.24) is 5.32 Å². The van der Waals surface area contributed by atoms with Gasteiger partial charge in [-0.3, -0.25) is 9.59 Å². The van der Waals surface area contributed by atoms with Gasteiger partial charge in [-0.25, -0.2) is 0 Å². The first-order valence-corrected chi connectivity index (χ1v) is 23.0. The Hall–Kier alpha value is -1.52. The monoisotopic (exact) mass is 718 g/mol. The average molecular weight is 718 g/mol. The largest absolute Gasteiger partial charge is 0.466 e. The van der Waals surface area contributed by atoms with Crippen molar-refractivity contribution in [2.45, 2.75) is 258 Å². The minimum absolute atomic E-state index is 0.00317. The van der Waals surface area contributed by atoms with E-state index in [-0.39, 0.29) is 11.9 Å². The highest BCUT2D eigenvalue weighted by Gasteiger charge is 2.18. The van der Waals surface area contributed by atoms with Crippen LogP contribution in [0, 0.1) is 0 Å². The summed E-state index contributed by atoms with van der Waals surface area (Å²) in [4.78, 5) is 23.2. The molecule has 0 unspecified atom stereocenters. The van der Waals surface area contributed by atoms with Crippen molar-refractivity contribution in [1.29, 1.82) is 0 Å². The van der Waals surface area contributed by atoms with Crippen LogP contribution in [0.4, 0.5) is 0 Å². The molecule has 1 rings (SSSR count). The van der Waals surface area contributed by atoms with Crippen molar-refractivity contribution in [3.63, 3.8) is 0 Å². The number of hydrogen-bond acceptors (Lipinski definition) is 5. The summed E-state index contributed by atoms with van der Waals surface area (Å²) in [7, 11) is 0. The predicted octanol–water partition coefficient (Wildman–Crippen LogP) is 14.8. The lowest BCUT2D eigenvalue weighted by Crippen LogP contribution is -2.05. The molecule has 0 atom stereocenters. The van der Waals surface area contributed by atoms with Crippen LogP contribution < -0.4 is 5.32 Å². The third-order valence-electron chi connectivity index (χ3n) is 10.7. The average Bonchev–Trinajstić information content (AvgIpc) is 3.88. The molecule has 0 amide bonds. The van der Waals surface area contributed by atoms with Crippen molar-refractivity contribution >= 4 is 11.9 Å². The Bertz CT molecular complexity index is 745. The highest BCUT2D eigenvalue weighted by molar-refractivity contribution is 5.69.